The Morgan fingerprint density at radius 3 is 2.81 bits per heavy atom. The van der Waals surface area contributed by atoms with Crippen LogP contribution in [0.3, 0.4) is 0 Å². The second kappa shape index (κ2) is 7.25. The van der Waals surface area contributed by atoms with Gasteiger partial charge in [-0.2, -0.15) is 0 Å². The number of likely N-dealkylation sites (tertiary alicyclic amines) is 1. The highest BCUT2D eigenvalue weighted by Crippen LogP contribution is 2.16. The van der Waals surface area contributed by atoms with Gasteiger partial charge in [-0.1, -0.05) is 30.3 Å². The number of hydrogen-bond donors (Lipinski definition) is 1. The van der Waals surface area contributed by atoms with Crippen molar-refractivity contribution in [2.24, 2.45) is 0 Å². The second-order valence-corrected chi connectivity index (χ2v) is 6.43. The van der Waals surface area contributed by atoms with E-state index in [0.29, 0.717) is 6.04 Å². The summed E-state index contributed by atoms with van der Waals surface area (Å²) >= 11 is 3.34. The Morgan fingerprint density at radius 2 is 2.05 bits per heavy atom. The first-order valence-electron chi connectivity index (χ1n) is 7.53. The van der Waals surface area contributed by atoms with Crippen molar-refractivity contribution in [2.75, 3.05) is 13.1 Å². The molecule has 1 unspecified atom stereocenters. The minimum Gasteiger partial charge on any atom is -0.453 e. The summed E-state index contributed by atoms with van der Waals surface area (Å²) in [5, 5.41) is 3.61. The maximum atomic E-state index is 5.54. The van der Waals surface area contributed by atoms with E-state index in [1.165, 1.54) is 24.9 Å². The molecule has 1 N–H and O–H groups in total. The number of nitrogens with zero attached hydrogens (tertiary/aromatic N) is 1. The fourth-order valence-electron chi connectivity index (χ4n) is 2.90. The minimum absolute atomic E-state index is 0.548. The van der Waals surface area contributed by atoms with Gasteiger partial charge in [0.15, 0.2) is 4.67 Å². The third-order valence-corrected chi connectivity index (χ3v) is 4.37. The van der Waals surface area contributed by atoms with Crippen LogP contribution in [0.15, 0.2) is 51.6 Å². The molecular formula is C17H21BrN2O. The highest BCUT2D eigenvalue weighted by atomic mass is 79.9. The first-order chi connectivity index (χ1) is 10.3. The molecule has 1 fully saturated rings. The zero-order valence-electron chi connectivity index (χ0n) is 12.1. The average Bonchev–Trinajstić information content (AvgIpc) is 2.92. The fourth-order valence-corrected chi connectivity index (χ4v) is 3.24. The summed E-state index contributed by atoms with van der Waals surface area (Å²) in [4.78, 5) is 2.54. The molecule has 0 aliphatic carbocycles. The predicted molar refractivity (Wildman–Crippen MR) is 88.0 cm³/mol. The molecule has 0 radical (unpaired) electrons. The largest absolute Gasteiger partial charge is 0.453 e. The van der Waals surface area contributed by atoms with Crippen LogP contribution in [0.25, 0.3) is 0 Å². The molecule has 1 atom stereocenters. The quantitative estimate of drug-likeness (QED) is 0.890. The highest BCUT2D eigenvalue weighted by Gasteiger charge is 2.19. The summed E-state index contributed by atoms with van der Waals surface area (Å²) in [6.45, 7) is 4.15. The topological polar surface area (TPSA) is 28.4 Å². The zero-order chi connectivity index (χ0) is 14.5. The lowest BCUT2D eigenvalue weighted by Gasteiger charge is -2.33. The normalized spacial score (nSPS) is 19.8. The van der Waals surface area contributed by atoms with Crippen LogP contribution in [-0.4, -0.2) is 24.0 Å². The van der Waals surface area contributed by atoms with Gasteiger partial charge in [-0.15, -0.1) is 0 Å². The van der Waals surface area contributed by atoms with E-state index in [9.17, 15) is 0 Å². The third kappa shape index (κ3) is 4.43. The van der Waals surface area contributed by atoms with Gasteiger partial charge in [0, 0.05) is 19.1 Å². The maximum absolute atomic E-state index is 5.54. The van der Waals surface area contributed by atoms with Crippen LogP contribution in [0.1, 0.15) is 24.2 Å². The third-order valence-electron chi connectivity index (χ3n) is 3.95. The molecule has 1 saturated heterocycles. The molecule has 0 amide bonds. The molecule has 2 aromatic rings. The Bertz CT molecular complexity index is 555. The molecule has 3 nitrogen and oxygen atoms in total. The SMILES string of the molecule is Brc1ccc(CNC2CCCN(Cc3ccccc3)C2)o1. The summed E-state index contributed by atoms with van der Waals surface area (Å²) < 4.78 is 6.34. The molecule has 1 aliphatic rings. The van der Waals surface area contributed by atoms with Gasteiger partial charge >= 0.3 is 0 Å². The first-order valence-corrected chi connectivity index (χ1v) is 8.33. The lowest BCUT2D eigenvalue weighted by molar-refractivity contribution is 0.181. The number of halogens is 1. The van der Waals surface area contributed by atoms with Crippen molar-refractivity contribution in [2.45, 2.75) is 32.0 Å². The molecule has 1 aromatic carbocycles. The van der Waals surface area contributed by atoms with E-state index >= 15 is 0 Å². The van der Waals surface area contributed by atoms with Gasteiger partial charge in [0.25, 0.3) is 0 Å². The van der Waals surface area contributed by atoms with Gasteiger partial charge in [0.05, 0.1) is 6.54 Å². The number of benzene rings is 1. The number of hydrogen-bond acceptors (Lipinski definition) is 3. The summed E-state index contributed by atoms with van der Waals surface area (Å²) in [5.41, 5.74) is 1.40. The molecular weight excluding hydrogens is 328 g/mol. The van der Waals surface area contributed by atoms with Gasteiger partial charge in [-0.3, -0.25) is 4.90 Å². The van der Waals surface area contributed by atoms with Gasteiger partial charge < -0.3 is 9.73 Å². The van der Waals surface area contributed by atoms with Gasteiger partial charge in [0.1, 0.15) is 5.76 Å². The smallest absolute Gasteiger partial charge is 0.169 e. The molecule has 112 valence electrons. The van der Waals surface area contributed by atoms with E-state index in [2.05, 4.69) is 56.5 Å². The second-order valence-electron chi connectivity index (χ2n) is 5.65. The van der Waals surface area contributed by atoms with Crippen LogP contribution >= 0.6 is 15.9 Å². The molecule has 3 rings (SSSR count). The van der Waals surface area contributed by atoms with Crippen LogP contribution < -0.4 is 5.32 Å². The van der Waals surface area contributed by atoms with E-state index in [0.717, 1.165) is 30.1 Å². The van der Waals surface area contributed by atoms with Crippen LogP contribution in [-0.2, 0) is 13.1 Å². The molecule has 1 aromatic heterocycles. The Labute approximate surface area is 134 Å². The summed E-state index contributed by atoms with van der Waals surface area (Å²) in [6.07, 6.45) is 2.50. The fraction of sp³-hybridized carbons (Fsp3) is 0.412. The van der Waals surface area contributed by atoms with Crippen LogP contribution in [0, 0.1) is 0 Å². The van der Waals surface area contributed by atoms with E-state index in [-0.39, 0.29) is 0 Å². The van der Waals surface area contributed by atoms with Crippen LogP contribution in [0.2, 0.25) is 0 Å². The molecule has 4 heteroatoms. The lowest BCUT2D eigenvalue weighted by Crippen LogP contribution is -2.44. The van der Waals surface area contributed by atoms with Crippen molar-refractivity contribution in [3.8, 4) is 0 Å². The average molecular weight is 349 g/mol. The number of nitrogens with one attached hydrogen (secondary N) is 1. The zero-order valence-corrected chi connectivity index (χ0v) is 13.7. The number of furan rings is 1. The predicted octanol–water partition coefficient (Wildman–Crippen LogP) is 3.80. The van der Waals surface area contributed by atoms with E-state index in [4.69, 9.17) is 4.42 Å². The maximum Gasteiger partial charge on any atom is 0.169 e. The van der Waals surface area contributed by atoms with Crippen LogP contribution in [0.4, 0.5) is 0 Å². The Kier molecular flexibility index (Phi) is 5.12. The lowest BCUT2D eigenvalue weighted by atomic mass is 10.0. The Morgan fingerprint density at radius 1 is 1.19 bits per heavy atom. The molecule has 2 heterocycles. The van der Waals surface area contributed by atoms with E-state index in [1.54, 1.807) is 0 Å². The van der Waals surface area contributed by atoms with E-state index in [1.807, 2.05) is 12.1 Å². The molecule has 0 saturated carbocycles. The molecule has 0 bridgehead atoms. The molecule has 1 aliphatic heterocycles. The van der Waals surface area contributed by atoms with Gasteiger partial charge in [-0.05, 0) is 53.0 Å². The highest BCUT2D eigenvalue weighted by molar-refractivity contribution is 9.10. The summed E-state index contributed by atoms with van der Waals surface area (Å²) in [5.74, 6) is 0.988. The Balaban J connectivity index is 1.49. The van der Waals surface area contributed by atoms with Crippen molar-refractivity contribution >= 4 is 15.9 Å². The van der Waals surface area contributed by atoms with Crippen LogP contribution in [0.5, 0.6) is 0 Å². The van der Waals surface area contributed by atoms with Gasteiger partial charge in [-0.25, -0.2) is 0 Å². The van der Waals surface area contributed by atoms with Crippen molar-refractivity contribution in [1.82, 2.24) is 10.2 Å². The number of rotatable bonds is 5. The summed E-state index contributed by atoms with van der Waals surface area (Å²) in [6, 6.07) is 15.2. The van der Waals surface area contributed by atoms with Gasteiger partial charge in [0.2, 0.25) is 0 Å². The first kappa shape index (κ1) is 14.8. The summed E-state index contributed by atoms with van der Waals surface area (Å²) in [7, 11) is 0. The van der Waals surface area contributed by atoms with Crippen molar-refractivity contribution in [3.63, 3.8) is 0 Å². The molecule has 21 heavy (non-hydrogen) atoms. The monoisotopic (exact) mass is 348 g/mol. The Hall–Kier alpha value is -1.10. The van der Waals surface area contributed by atoms with Crippen molar-refractivity contribution in [1.29, 1.82) is 0 Å². The standard InChI is InChI=1S/C17H21BrN2O/c18-17-9-8-16(21-17)11-19-15-7-4-10-20(13-15)12-14-5-2-1-3-6-14/h1-3,5-6,8-9,15,19H,4,7,10-13H2. The van der Waals surface area contributed by atoms with E-state index < -0.39 is 0 Å². The van der Waals surface area contributed by atoms with Crippen molar-refractivity contribution in [3.05, 3.63) is 58.5 Å². The minimum atomic E-state index is 0.548. The number of piperidine rings is 1. The molecule has 0 spiro atoms. The van der Waals surface area contributed by atoms with Crippen molar-refractivity contribution < 1.29 is 4.42 Å².